The first kappa shape index (κ1) is 12.4. The Kier molecular flexibility index (Phi) is 2.99. The van der Waals surface area contributed by atoms with Gasteiger partial charge in [0.1, 0.15) is 5.52 Å². The second-order valence-corrected chi connectivity index (χ2v) is 4.48. The van der Waals surface area contributed by atoms with Crippen molar-refractivity contribution in [2.75, 3.05) is 7.11 Å². The van der Waals surface area contributed by atoms with Crippen LogP contribution in [0.3, 0.4) is 0 Å². The minimum Gasteiger partial charge on any atom is -0.465 e. The highest BCUT2D eigenvalue weighted by molar-refractivity contribution is 5.96. The number of fused-ring (bicyclic) bond motifs is 1. The average molecular weight is 267 g/mol. The molecule has 0 aliphatic carbocycles. The topological polar surface area (TPSA) is 52.3 Å². The van der Waals surface area contributed by atoms with E-state index in [4.69, 9.17) is 9.15 Å². The summed E-state index contributed by atoms with van der Waals surface area (Å²) >= 11 is 0. The normalized spacial score (nSPS) is 10.7. The number of oxazole rings is 1. The molecule has 0 fully saturated rings. The van der Waals surface area contributed by atoms with Gasteiger partial charge in [-0.2, -0.15) is 0 Å². The fraction of sp³-hybridized carbons (Fsp3) is 0.125. The van der Waals surface area contributed by atoms with Gasteiger partial charge in [0, 0.05) is 0 Å². The maximum absolute atomic E-state index is 11.8. The van der Waals surface area contributed by atoms with Crippen molar-refractivity contribution in [2.45, 2.75) is 6.92 Å². The van der Waals surface area contributed by atoms with Crippen LogP contribution in [0.5, 0.6) is 0 Å². The molecule has 0 radical (unpaired) electrons. The Morgan fingerprint density at radius 2 is 1.95 bits per heavy atom. The van der Waals surface area contributed by atoms with Gasteiger partial charge in [-0.15, -0.1) is 0 Å². The van der Waals surface area contributed by atoms with Gasteiger partial charge in [-0.05, 0) is 30.7 Å². The fourth-order valence-corrected chi connectivity index (χ4v) is 2.16. The predicted molar refractivity (Wildman–Crippen MR) is 75.5 cm³/mol. The van der Waals surface area contributed by atoms with Crippen LogP contribution in [-0.4, -0.2) is 18.1 Å². The Morgan fingerprint density at radius 3 is 2.70 bits per heavy atom. The summed E-state index contributed by atoms with van der Waals surface area (Å²) in [7, 11) is 1.36. The van der Waals surface area contributed by atoms with Crippen LogP contribution in [0, 0.1) is 6.92 Å². The molecule has 0 aliphatic rings. The number of aryl methyl sites for hydroxylation is 1. The lowest BCUT2D eigenvalue weighted by molar-refractivity contribution is 0.0601. The van der Waals surface area contributed by atoms with Crippen molar-refractivity contribution in [1.29, 1.82) is 0 Å². The number of carbonyl (C=O) groups is 1. The summed E-state index contributed by atoms with van der Waals surface area (Å²) in [6.07, 6.45) is 0. The highest BCUT2D eigenvalue weighted by Gasteiger charge is 2.17. The summed E-state index contributed by atoms with van der Waals surface area (Å²) in [4.78, 5) is 16.3. The van der Waals surface area contributed by atoms with Crippen molar-refractivity contribution in [3.05, 3.63) is 53.6 Å². The monoisotopic (exact) mass is 267 g/mol. The summed E-state index contributed by atoms with van der Waals surface area (Å²) in [5.74, 6) is 0.0230. The number of rotatable bonds is 2. The van der Waals surface area contributed by atoms with Gasteiger partial charge in [0.25, 0.3) is 0 Å². The molecule has 3 rings (SSSR count). The number of hydrogen-bond donors (Lipinski definition) is 0. The van der Waals surface area contributed by atoms with Crippen LogP contribution < -0.4 is 0 Å². The largest absolute Gasteiger partial charge is 0.465 e. The molecular formula is C16H13NO3. The maximum atomic E-state index is 11.8. The number of hydrogen-bond acceptors (Lipinski definition) is 4. The number of esters is 1. The van der Waals surface area contributed by atoms with E-state index in [1.165, 1.54) is 7.11 Å². The van der Waals surface area contributed by atoms with Crippen molar-refractivity contribution in [2.24, 2.45) is 0 Å². The van der Waals surface area contributed by atoms with E-state index in [1.54, 1.807) is 18.2 Å². The van der Waals surface area contributed by atoms with Gasteiger partial charge >= 0.3 is 5.97 Å². The first-order valence-corrected chi connectivity index (χ1v) is 6.24. The Labute approximate surface area is 116 Å². The Hall–Kier alpha value is -2.62. The first-order chi connectivity index (χ1) is 9.70. The van der Waals surface area contributed by atoms with Crippen molar-refractivity contribution < 1.29 is 13.9 Å². The molecule has 0 atom stereocenters. The van der Waals surface area contributed by atoms with Gasteiger partial charge in [0.2, 0.25) is 5.89 Å². The quantitative estimate of drug-likeness (QED) is 0.666. The van der Waals surface area contributed by atoms with Crippen LogP contribution >= 0.6 is 0 Å². The third-order valence-corrected chi connectivity index (χ3v) is 3.18. The van der Waals surface area contributed by atoms with Gasteiger partial charge in [-0.1, -0.05) is 24.3 Å². The van der Waals surface area contributed by atoms with E-state index in [0.717, 1.165) is 11.1 Å². The van der Waals surface area contributed by atoms with Crippen LogP contribution in [-0.2, 0) is 4.74 Å². The highest BCUT2D eigenvalue weighted by Crippen LogP contribution is 2.28. The second-order valence-electron chi connectivity index (χ2n) is 4.48. The average Bonchev–Trinajstić information content (AvgIpc) is 2.92. The summed E-state index contributed by atoms with van der Waals surface area (Å²) < 4.78 is 10.5. The SMILES string of the molecule is COC(=O)c1ccccc1-c1nc2c(C)cccc2o1. The lowest BCUT2D eigenvalue weighted by Gasteiger charge is -2.03. The van der Waals surface area contributed by atoms with E-state index in [9.17, 15) is 4.79 Å². The number of methoxy groups -OCH3 is 1. The zero-order valence-corrected chi connectivity index (χ0v) is 11.2. The molecule has 2 aromatic carbocycles. The lowest BCUT2D eigenvalue weighted by atomic mass is 10.1. The molecule has 4 heteroatoms. The lowest BCUT2D eigenvalue weighted by Crippen LogP contribution is -2.03. The molecule has 0 N–H and O–H groups in total. The van der Waals surface area contributed by atoms with Gasteiger partial charge < -0.3 is 9.15 Å². The zero-order valence-electron chi connectivity index (χ0n) is 11.2. The molecule has 1 aromatic heterocycles. The van der Waals surface area contributed by atoms with Crippen LogP contribution in [0.15, 0.2) is 46.9 Å². The third-order valence-electron chi connectivity index (χ3n) is 3.18. The van der Waals surface area contributed by atoms with Crippen LogP contribution in [0.25, 0.3) is 22.6 Å². The van der Waals surface area contributed by atoms with Crippen LogP contribution in [0.1, 0.15) is 15.9 Å². The van der Waals surface area contributed by atoms with Gasteiger partial charge in [-0.25, -0.2) is 9.78 Å². The minimum atomic E-state index is -0.403. The maximum Gasteiger partial charge on any atom is 0.338 e. The van der Waals surface area contributed by atoms with Crippen molar-refractivity contribution in [1.82, 2.24) is 4.98 Å². The second kappa shape index (κ2) is 4.81. The molecule has 3 aromatic rings. The number of nitrogens with zero attached hydrogens (tertiary/aromatic N) is 1. The Morgan fingerprint density at radius 1 is 1.15 bits per heavy atom. The number of aromatic nitrogens is 1. The summed E-state index contributed by atoms with van der Waals surface area (Å²) in [6.45, 7) is 1.97. The van der Waals surface area contributed by atoms with Gasteiger partial charge in [0.15, 0.2) is 5.58 Å². The number of carbonyl (C=O) groups excluding carboxylic acids is 1. The summed E-state index contributed by atoms with van der Waals surface area (Å²) in [5, 5.41) is 0. The molecular weight excluding hydrogens is 254 g/mol. The fourth-order valence-electron chi connectivity index (χ4n) is 2.16. The molecule has 4 nitrogen and oxygen atoms in total. The highest BCUT2D eigenvalue weighted by atomic mass is 16.5. The zero-order chi connectivity index (χ0) is 14.1. The van der Waals surface area contributed by atoms with E-state index < -0.39 is 5.97 Å². The number of para-hydroxylation sites is 1. The van der Waals surface area contributed by atoms with E-state index in [1.807, 2.05) is 31.2 Å². The van der Waals surface area contributed by atoms with E-state index in [-0.39, 0.29) is 0 Å². The molecule has 1 heterocycles. The molecule has 0 saturated heterocycles. The first-order valence-electron chi connectivity index (χ1n) is 6.24. The molecule has 0 unspecified atom stereocenters. The van der Waals surface area contributed by atoms with Crippen LogP contribution in [0.2, 0.25) is 0 Å². The standard InChI is InChI=1S/C16H13NO3/c1-10-6-5-9-13-14(10)17-15(20-13)11-7-3-4-8-12(11)16(18)19-2/h3-9H,1-2H3. The van der Waals surface area contributed by atoms with Crippen molar-refractivity contribution >= 4 is 17.1 Å². The Balaban J connectivity index is 2.21. The molecule has 0 bridgehead atoms. The predicted octanol–water partition coefficient (Wildman–Crippen LogP) is 3.59. The molecule has 0 spiro atoms. The Bertz CT molecular complexity index is 789. The third kappa shape index (κ3) is 1.95. The summed E-state index contributed by atoms with van der Waals surface area (Å²) in [5.41, 5.74) is 3.63. The molecule has 0 saturated carbocycles. The number of ether oxygens (including phenoxy) is 1. The molecule has 0 amide bonds. The minimum absolute atomic E-state index is 0.403. The van der Waals surface area contributed by atoms with E-state index >= 15 is 0 Å². The van der Waals surface area contributed by atoms with Crippen molar-refractivity contribution in [3.8, 4) is 11.5 Å². The molecule has 20 heavy (non-hydrogen) atoms. The van der Waals surface area contributed by atoms with E-state index in [2.05, 4.69) is 4.98 Å². The van der Waals surface area contributed by atoms with E-state index in [0.29, 0.717) is 22.6 Å². The van der Waals surface area contributed by atoms with Crippen molar-refractivity contribution in [3.63, 3.8) is 0 Å². The van der Waals surface area contributed by atoms with Gasteiger partial charge in [0.05, 0.1) is 18.2 Å². The van der Waals surface area contributed by atoms with Crippen LogP contribution in [0.4, 0.5) is 0 Å². The summed E-state index contributed by atoms with van der Waals surface area (Å²) in [6, 6.07) is 12.9. The smallest absolute Gasteiger partial charge is 0.338 e. The molecule has 0 aliphatic heterocycles. The molecule has 100 valence electrons. The van der Waals surface area contributed by atoms with Gasteiger partial charge in [-0.3, -0.25) is 0 Å². The number of benzene rings is 2.